The van der Waals surface area contributed by atoms with Crippen LogP contribution in [0.2, 0.25) is 0 Å². The van der Waals surface area contributed by atoms with Crippen LogP contribution in [0.15, 0.2) is 106 Å². The molecule has 0 saturated heterocycles. The van der Waals surface area contributed by atoms with E-state index in [1.165, 1.54) is 11.3 Å². The monoisotopic (exact) mass is 661 g/mol. The smallest absolute Gasteiger partial charge is 0.271 e. The van der Waals surface area contributed by atoms with Gasteiger partial charge in [-0.1, -0.05) is 78.1 Å². The molecule has 0 fully saturated rings. The maximum absolute atomic E-state index is 14.5. The van der Waals surface area contributed by atoms with E-state index in [1.807, 2.05) is 119 Å². The average Bonchev–Trinajstić information content (AvgIpc) is 3.41. The lowest BCUT2D eigenvalue weighted by atomic mass is 9.90. The molecule has 0 aliphatic carbocycles. The highest BCUT2D eigenvalue weighted by atomic mass is 32.1. The van der Waals surface area contributed by atoms with E-state index in [4.69, 9.17) is 19.2 Å². The van der Waals surface area contributed by atoms with E-state index < -0.39 is 6.04 Å². The molecule has 0 unspecified atom stereocenters. The number of carbonyl (C=O) groups is 1. The molecule has 1 aliphatic heterocycles. The highest BCUT2D eigenvalue weighted by molar-refractivity contribution is 7.07. The summed E-state index contributed by atoms with van der Waals surface area (Å²) < 4.78 is 20.1. The van der Waals surface area contributed by atoms with Gasteiger partial charge < -0.3 is 19.1 Å². The second kappa shape index (κ2) is 14.3. The quantitative estimate of drug-likeness (QED) is 0.167. The zero-order valence-electron chi connectivity index (χ0n) is 27.9. The number of nitrogens with zero attached hydrogens (tertiary/aromatic N) is 3. The second-order valence-corrected chi connectivity index (χ2v) is 12.4. The number of hydrogen-bond donors (Lipinski definition) is 0. The van der Waals surface area contributed by atoms with Crippen LogP contribution in [0, 0.1) is 0 Å². The van der Waals surface area contributed by atoms with E-state index in [-0.39, 0.29) is 11.5 Å². The minimum Gasteiger partial charge on any atom is -0.496 e. The van der Waals surface area contributed by atoms with Gasteiger partial charge in [0.15, 0.2) is 16.3 Å². The van der Waals surface area contributed by atoms with Crippen molar-refractivity contribution in [2.75, 3.05) is 26.8 Å². The lowest BCUT2D eigenvalue weighted by molar-refractivity contribution is -0.127. The number of ether oxygens (including phenoxy) is 3. The molecule has 8 nitrogen and oxygen atoms in total. The Hall–Kier alpha value is -5.15. The summed E-state index contributed by atoms with van der Waals surface area (Å²) in [5.74, 6) is 1.66. The van der Waals surface area contributed by atoms with Crippen molar-refractivity contribution in [2.45, 2.75) is 40.3 Å². The number of thiazole rings is 1. The summed E-state index contributed by atoms with van der Waals surface area (Å²) in [5, 5.41) is 1.89. The Kier molecular flexibility index (Phi) is 9.77. The number of benzene rings is 4. The minimum absolute atomic E-state index is 0.150. The second-order valence-electron chi connectivity index (χ2n) is 11.4. The molecule has 2 heterocycles. The van der Waals surface area contributed by atoms with E-state index >= 15 is 0 Å². The molecule has 1 aliphatic rings. The summed E-state index contributed by atoms with van der Waals surface area (Å²) in [5.41, 5.74) is 3.40. The van der Waals surface area contributed by atoms with E-state index in [1.54, 1.807) is 16.6 Å². The molecule has 0 radical (unpaired) electrons. The molecular formula is C39H39N3O5S. The van der Waals surface area contributed by atoms with E-state index in [2.05, 4.69) is 0 Å². The fourth-order valence-corrected chi connectivity index (χ4v) is 7.22. The lowest BCUT2D eigenvalue weighted by Crippen LogP contribution is -2.43. The van der Waals surface area contributed by atoms with Crippen LogP contribution in [0.5, 0.6) is 17.2 Å². The molecular weight excluding hydrogens is 623 g/mol. The fraction of sp³-hybridized carbons (Fsp3) is 0.256. The van der Waals surface area contributed by atoms with Crippen molar-refractivity contribution < 1.29 is 19.0 Å². The van der Waals surface area contributed by atoms with Crippen LogP contribution in [0.3, 0.4) is 0 Å². The van der Waals surface area contributed by atoms with Gasteiger partial charge in [-0.2, -0.15) is 0 Å². The van der Waals surface area contributed by atoms with Crippen LogP contribution in [-0.2, 0) is 11.4 Å². The first-order valence-corrected chi connectivity index (χ1v) is 17.0. The fourth-order valence-electron chi connectivity index (χ4n) is 6.17. The summed E-state index contributed by atoms with van der Waals surface area (Å²) in [6.07, 6.45) is 1.84. The maximum atomic E-state index is 14.5. The molecule has 48 heavy (non-hydrogen) atoms. The van der Waals surface area contributed by atoms with Gasteiger partial charge in [0.2, 0.25) is 0 Å². The van der Waals surface area contributed by atoms with Crippen molar-refractivity contribution in [3.8, 4) is 17.2 Å². The van der Waals surface area contributed by atoms with Gasteiger partial charge in [-0.3, -0.25) is 14.2 Å². The molecule has 9 heteroatoms. The Labute approximate surface area is 283 Å². The van der Waals surface area contributed by atoms with E-state index in [0.29, 0.717) is 64.2 Å². The summed E-state index contributed by atoms with van der Waals surface area (Å²) in [7, 11) is 1.61. The molecule has 246 valence electrons. The molecule has 0 spiro atoms. The number of carbonyl (C=O) groups excluding carboxylic acids is 1. The largest absolute Gasteiger partial charge is 0.496 e. The number of rotatable bonds is 11. The Morgan fingerprint density at radius 3 is 2.38 bits per heavy atom. The van der Waals surface area contributed by atoms with E-state index in [0.717, 1.165) is 27.5 Å². The zero-order chi connectivity index (χ0) is 33.8. The molecule has 5 aromatic rings. The van der Waals surface area contributed by atoms with Crippen molar-refractivity contribution in [3.05, 3.63) is 133 Å². The van der Waals surface area contributed by atoms with Crippen molar-refractivity contribution in [1.82, 2.24) is 9.47 Å². The Morgan fingerprint density at radius 1 is 0.917 bits per heavy atom. The third-order valence-electron chi connectivity index (χ3n) is 8.53. The Morgan fingerprint density at radius 2 is 1.65 bits per heavy atom. The number of amides is 1. The highest BCUT2D eigenvalue weighted by Gasteiger charge is 2.36. The molecule has 0 bridgehead atoms. The average molecular weight is 662 g/mol. The summed E-state index contributed by atoms with van der Waals surface area (Å²) in [4.78, 5) is 35.8. The molecule has 6 rings (SSSR count). The standard InChI is InChI=1S/C39H39N3O5S/c1-6-41(7-2)38(44)34-25(4)40-39-42(36(34)35-29-17-13-12-16-28(29)19-21-31(35)45-5)37(43)33(48-39)23-27-18-20-30(32(22-27)46-8-3)47-24-26-14-10-9-11-15-26/h9-23,36H,6-8,24H2,1-5H3/b33-23+/t36-/m0/s1. The third-order valence-corrected chi connectivity index (χ3v) is 9.51. The number of hydrogen-bond acceptors (Lipinski definition) is 7. The van der Waals surface area contributed by atoms with Gasteiger partial charge in [-0.25, -0.2) is 4.99 Å². The first-order chi connectivity index (χ1) is 23.4. The van der Waals surface area contributed by atoms with Gasteiger partial charge in [0.1, 0.15) is 18.4 Å². The zero-order valence-corrected chi connectivity index (χ0v) is 28.7. The molecule has 1 aromatic heterocycles. The molecule has 0 N–H and O–H groups in total. The van der Waals surface area contributed by atoms with Gasteiger partial charge in [0, 0.05) is 18.7 Å². The van der Waals surface area contributed by atoms with Gasteiger partial charge >= 0.3 is 0 Å². The number of allylic oxidation sites excluding steroid dienone is 1. The van der Waals surface area contributed by atoms with Crippen molar-refractivity contribution in [3.63, 3.8) is 0 Å². The van der Waals surface area contributed by atoms with Crippen LogP contribution < -0.4 is 29.1 Å². The molecule has 1 amide bonds. The SMILES string of the molecule is CCOc1cc(/C=c2/sc3n(c2=O)[C@H](c2c(OC)ccc4ccccc24)C(C(=O)N(CC)CC)=C(C)N=3)ccc1OCc1ccccc1. The summed E-state index contributed by atoms with van der Waals surface area (Å²) in [6.45, 7) is 9.61. The van der Waals surface area contributed by atoms with Crippen LogP contribution >= 0.6 is 11.3 Å². The number of methoxy groups -OCH3 is 1. The lowest BCUT2D eigenvalue weighted by Gasteiger charge is -2.30. The minimum atomic E-state index is -0.745. The van der Waals surface area contributed by atoms with Gasteiger partial charge in [-0.15, -0.1) is 0 Å². The third kappa shape index (κ3) is 6.25. The predicted octanol–water partition coefficient (Wildman–Crippen LogP) is 6.24. The first-order valence-electron chi connectivity index (χ1n) is 16.2. The summed E-state index contributed by atoms with van der Waals surface area (Å²) in [6, 6.07) is 26.7. The Bertz CT molecular complexity index is 2180. The van der Waals surface area contributed by atoms with Crippen molar-refractivity contribution in [1.29, 1.82) is 0 Å². The number of aromatic nitrogens is 1. The molecule has 4 aromatic carbocycles. The molecule has 0 saturated carbocycles. The van der Waals surface area contributed by atoms with Crippen LogP contribution in [0.25, 0.3) is 16.8 Å². The highest BCUT2D eigenvalue weighted by Crippen LogP contribution is 2.40. The first kappa shape index (κ1) is 32.8. The normalized spacial score (nSPS) is 14.4. The van der Waals surface area contributed by atoms with Gasteiger partial charge in [0.05, 0.1) is 29.5 Å². The summed E-state index contributed by atoms with van der Waals surface area (Å²) >= 11 is 1.30. The maximum Gasteiger partial charge on any atom is 0.271 e. The van der Waals surface area contributed by atoms with Crippen LogP contribution in [0.4, 0.5) is 0 Å². The van der Waals surface area contributed by atoms with E-state index in [9.17, 15) is 9.59 Å². The topological polar surface area (TPSA) is 82.4 Å². The van der Waals surface area contributed by atoms with Crippen molar-refractivity contribution in [2.24, 2.45) is 4.99 Å². The van der Waals surface area contributed by atoms with Gasteiger partial charge in [-0.05, 0) is 73.9 Å². The van der Waals surface area contributed by atoms with Crippen LogP contribution in [-0.4, -0.2) is 42.2 Å². The Balaban J connectivity index is 1.51. The molecule has 1 atom stereocenters. The van der Waals surface area contributed by atoms with Gasteiger partial charge in [0.25, 0.3) is 11.5 Å². The number of fused-ring (bicyclic) bond motifs is 2. The predicted molar refractivity (Wildman–Crippen MR) is 191 cm³/mol. The van der Waals surface area contributed by atoms with Crippen LogP contribution in [0.1, 0.15) is 50.4 Å². The number of likely N-dealkylation sites (N-methyl/N-ethyl adjacent to an activating group) is 1. The van der Waals surface area contributed by atoms with Crippen molar-refractivity contribution >= 4 is 34.1 Å².